The van der Waals surface area contributed by atoms with Crippen molar-refractivity contribution in [2.24, 2.45) is 0 Å². The Hall–Kier alpha value is -3.55. The summed E-state index contributed by atoms with van der Waals surface area (Å²) in [7, 11) is 1.38. The second-order valence-electron chi connectivity index (χ2n) is 7.01. The average molecular weight is 376 g/mol. The second kappa shape index (κ2) is 6.56. The summed E-state index contributed by atoms with van der Waals surface area (Å²) in [5, 5.41) is 10.9. The first-order chi connectivity index (χ1) is 13.7. The quantitative estimate of drug-likeness (QED) is 0.665. The van der Waals surface area contributed by atoms with Crippen LogP contribution >= 0.6 is 0 Å². The molecule has 0 bridgehead atoms. The zero-order chi connectivity index (χ0) is 19.1. The predicted octanol–water partition coefficient (Wildman–Crippen LogP) is 3.16. The van der Waals surface area contributed by atoms with Gasteiger partial charge in [-0.3, -0.25) is 9.67 Å². The fraction of sp³-hybridized carbons (Fsp3) is 0.250. The number of nitrogens with zero attached hydrogens (tertiary/aromatic N) is 4. The molecule has 0 saturated heterocycles. The Labute approximate surface area is 161 Å². The Morgan fingerprint density at radius 3 is 3.04 bits per heavy atom. The van der Waals surface area contributed by atoms with Crippen LogP contribution in [0.2, 0.25) is 0 Å². The number of rotatable bonds is 5. The van der Waals surface area contributed by atoms with Crippen molar-refractivity contribution < 1.29 is 9.53 Å². The van der Waals surface area contributed by atoms with Gasteiger partial charge in [-0.2, -0.15) is 5.10 Å². The number of aromatic nitrogens is 4. The number of methoxy groups -OCH3 is 1. The van der Waals surface area contributed by atoms with Crippen LogP contribution in [0.3, 0.4) is 0 Å². The number of anilines is 2. The van der Waals surface area contributed by atoms with E-state index < -0.39 is 0 Å². The van der Waals surface area contributed by atoms with Crippen molar-refractivity contribution in [1.29, 1.82) is 0 Å². The van der Waals surface area contributed by atoms with Gasteiger partial charge in [-0.1, -0.05) is 6.07 Å². The zero-order valence-electron chi connectivity index (χ0n) is 15.4. The molecule has 0 spiro atoms. The molecule has 28 heavy (non-hydrogen) atoms. The highest BCUT2D eigenvalue weighted by molar-refractivity contribution is 5.90. The first-order valence-corrected chi connectivity index (χ1v) is 9.23. The van der Waals surface area contributed by atoms with E-state index in [1.54, 1.807) is 12.3 Å². The van der Waals surface area contributed by atoms with Gasteiger partial charge in [-0.15, -0.1) is 0 Å². The van der Waals surface area contributed by atoms with Crippen molar-refractivity contribution in [1.82, 2.24) is 19.7 Å². The molecule has 0 unspecified atom stereocenters. The van der Waals surface area contributed by atoms with Gasteiger partial charge in [0.1, 0.15) is 11.6 Å². The number of hydrogen-bond acceptors (Lipinski definition) is 6. The van der Waals surface area contributed by atoms with E-state index in [0.717, 1.165) is 23.2 Å². The maximum Gasteiger partial charge on any atom is 0.337 e. The van der Waals surface area contributed by atoms with Gasteiger partial charge >= 0.3 is 5.97 Å². The van der Waals surface area contributed by atoms with Crippen LogP contribution in [0.4, 0.5) is 11.5 Å². The summed E-state index contributed by atoms with van der Waals surface area (Å²) in [4.78, 5) is 18.4. The number of carbonyl (C=O) groups excluding carboxylic acids is 1. The van der Waals surface area contributed by atoms with Crippen molar-refractivity contribution in [3.63, 3.8) is 0 Å². The third-order valence-corrected chi connectivity index (χ3v) is 5.04. The number of carbonyl (C=O) groups is 1. The Bertz CT molecular complexity index is 1060. The number of ether oxygens (including phenoxy) is 1. The molecule has 3 aromatic rings. The van der Waals surface area contributed by atoms with E-state index in [1.165, 1.54) is 25.6 Å². The minimum atomic E-state index is -0.355. The van der Waals surface area contributed by atoms with E-state index in [2.05, 4.69) is 26.6 Å². The molecule has 2 aliphatic rings. The number of benzene rings is 1. The van der Waals surface area contributed by atoms with Gasteiger partial charge in [0.05, 0.1) is 19.2 Å². The summed E-state index contributed by atoms with van der Waals surface area (Å²) in [5.74, 6) is 2.78. The maximum absolute atomic E-state index is 11.9. The zero-order valence-corrected chi connectivity index (χ0v) is 15.4. The SMILES string of the molecule is COC(=O)c1cccc(N2C=C(Nc3cc(C4CC4)[nH]n3)n3ccnc3C2)c1. The highest BCUT2D eigenvalue weighted by atomic mass is 16.5. The molecule has 2 N–H and O–H groups in total. The van der Waals surface area contributed by atoms with E-state index in [-0.39, 0.29) is 5.97 Å². The third-order valence-electron chi connectivity index (χ3n) is 5.04. The topological polar surface area (TPSA) is 88.1 Å². The predicted molar refractivity (Wildman–Crippen MR) is 105 cm³/mol. The summed E-state index contributed by atoms with van der Waals surface area (Å²) in [5.41, 5.74) is 2.57. The van der Waals surface area contributed by atoms with Gasteiger partial charge in [0, 0.05) is 42.0 Å². The van der Waals surface area contributed by atoms with Gasteiger partial charge in [-0.25, -0.2) is 9.78 Å². The van der Waals surface area contributed by atoms with Crippen LogP contribution in [0.1, 0.15) is 40.6 Å². The monoisotopic (exact) mass is 376 g/mol. The fourth-order valence-corrected chi connectivity index (χ4v) is 3.40. The Morgan fingerprint density at radius 1 is 1.32 bits per heavy atom. The largest absolute Gasteiger partial charge is 0.465 e. The number of fused-ring (bicyclic) bond motifs is 1. The van der Waals surface area contributed by atoms with E-state index in [9.17, 15) is 4.79 Å². The van der Waals surface area contributed by atoms with Crippen LogP contribution < -0.4 is 10.2 Å². The van der Waals surface area contributed by atoms with Gasteiger partial charge in [-0.05, 0) is 31.0 Å². The Balaban J connectivity index is 1.46. The van der Waals surface area contributed by atoms with Crippen molar-refractivity contribution in [3.8, 4) is 0 Å². The van der Waals surface area contributed by atoms with Crippen LogP contribution in [-0.2, 0) is 11.3 Å². The lowest BCUT2D eigenvalue weighted by atomic mass is 10.2. The second-order valence-corrected chi connectivity index (χ2v) is 7.01. The normalized spacial score (nSPS) is 15.8. The molecule has 1 fully saturated rings. The van der Waals surface area contributed by atoms with Crippen LogP contribution in [-0.4, -0.2) is 32.8 Å². The Morgan fingerprint density at radius 2 is 2.21 bits per heavy atom. The van der Waals surface area contributed by atoms with E-state index in [1.807, 2.05) is 40.1 Å². The van der Waals surface area contributed by atoms with Crippen LogP contribution in [0, 0.1) is 0 Å². The Kier molecular flexibility index (Phi) is 3.89. The molecule has 2 aromatic heterocycles. The third kappa shape index (κ3) is 3.02. The minimum absolute atomic E-state index is 0.355. The molecule has 8 nitrogen and oxygen atoms in total. The highest BCUT2D eigenvalue weighted by Crippen LogP contribution is 2.39. The molecule has 1 aliphatic carbocycles. The maximum atomic E-state index is 11.9. The molecule has 1 saturated carbocycles. The van der Waals surface area contributed by atoms with Crippen LogP contribution in [0.5, 0.6) is 0 Å². The van der Waals surface area contributed by atoms with E-state index in [0.29, 0.717) is 18.0 Å². The smallest absolute Gasteiger partial charge is 0.337 e. The number of imidazole rings is 1. The van der Waals surface area contributed by atoms with Crippen LogP contribution in [0.15, 0.2) is 48.9 Å². The van der Waals surface area contributed by atoms with Crippen molar-refractivity contribution >= 4 is 23.3 Å². The van der Waals surface area contributed by atoms with Crippen molar-refractivity contribution in [2.75, 3.05) is 17.3 Å². The fourth-order valence-electron chi connectivity index (χ4n) is 3.40. The molecule has 1 aliphatic heterocycles. The summed E-state index contributed by atoms with van der Waals surface area (Å²) >= 11 is 0. The molecule has 0 amide bonds. The van der Waals surface area contributed by atoms with Gasteiger partial charge in [0.2, 0.25) is 0 Å². The molecular formula is C20H20N6O2. The average Bonchev–Trinajstić information content (AvgIpc) is 3.28. The molecule has 3 heterocycles. The molecule has 0 atom stereocenters. The number of H-pyrrole nitrogens is 1. The molecular weight excluding hydrogens is 356 g/mol. The first-order valence-electron chi connectivity index (χ1n) is 9.23. The first kappa shape index (κ1) is 16.6. The lowest BCUT2D eigenvalue weighted by Gasteiger charge is -2.28. The van der Waals surface area contributed by atoms with Gasteiger partial charge < -0.3 is 15.0 Å². The standard InChI is InChI=1S/C20H20N6O2/c1-28-20(27)14-3-2-4-15(9-14)25-11-18-21-7-8-26(18)19(12-25)22-17-10-16(23-24-17)13-5-6-13/h2-4,7-10,12-13H,5-6,11H2,1H3,(H2,22,23,24). The molecule has 0 radical (unpaired) electrons. The van der Waals surface area contributed by atoms with E-state index >= 15 is 0 Å². The summed E-state index contributed by atoms with van der Waals surface area (Å²) < 4.78 is 6.84. The summed E-state index contributed by atoms with van der Waals surface area (Å²) in [6, 6.07) is 9.43. The van der Waals surface area contributed by atoms with Gasteiger partial charge in [0.15, 0.2) is 5.82 Å². The molecule has 8 heteroatoms. The van der Waals surface area contributed by atoms with Crippen LogP contribution in [0.25, 0.3) is 5.82 Å². The number of nitrogens with one attached hydrogen (secondary N) is 2. The number of esters is 1. The van der Waals surface area contributed by atoms with E-state index in [4.69, 9.17) is 4.74 Å². The molecule has 1 aromatic carbocycles. The number of aromatic amines is 1. The lowest BCUT2D eigenvalue weighted by molar-refractivity contribution is 0.0601. The highest BCUT2D eigenvalue weighted by Gasteiger charge is 2.26. The molecule has 142 valence electrons. The van der Waals surface area contributed by atoms with Crippen molar-refractivity contribution in [3.05, 3.63) is 66.0 Å². The summed E-state index contributed by atoms with van der Waals surface area (Å²) in [6.45, 7) is 0.594. The van der Waals surface area contributed by atoms with Crippen molar-refractivity contribution in [2.45, 2.75) is 25.3 Å². The summed E-state index contributed by atoms with van der Waals surface area (Å²) in [6.07, 6.45) is 8.14. The number of hydrogen-bond donors (Lipinski definition) is 2. The minimum Gasteiger partial charge on any atom is -0.465 e. The molecule has 5 rings (SSSR count). The lowest BCUT2D eigenvalue weighted by Crippen LogP contribution is -2.27. The van der Waals surface area contributed by atoms with Gasteiger partial charge in [0.25, 0.3) is 0 Å².